The highest BCUT2D eigenvalue weighted by molar-refractivity contribution is 5.71. The third-order valence-electron chi connectivity index (χ3n) is 5.96. The summed E-state index contributed by atoms with van der Waals surface area (Å²) in [6, 6.07) is 15.7. The highest BCUT2D eigenvalue weighted by Crippen LogP contribution is 2.41. The standard InChI is InChI=1S/C23H24N2O2/c1-4-15-10-12-17(13-11-15)25-21(26)19-20(24-22(25)27)18-9-7-6-8-16(18)14-23(19,3)5-2/h6-13H,4-5,14H2,1-3H3,(H,24,27)/t23-/m0/s1. The smallest absolute Gasteiger partial charge is 0.306 e. The molecule has 4 nitrogen and oxygen atoms in total. The number of aromatic amines is 1. The van der Waals surface area contributed by atoms with Crippen LogP contribution in [0.2, 0.25) is 0 Å². The maximum atomic E-state index is 13.5. The van der Waals surface area contributed by atoms with Crippen LogP contribution in [0.5, 0.6) is 0 Å². The first-order chi connectivity index (χ1) is 13.0. The number of hydrogen-bond donors (Lipinski definition) is 1. The molecule has 138 valence electrons. The lowest BCUT2D eigenvalue weighted by atomic mass is 9.69. The minimum absolute atomic E-state index is 0.211. The number of hydrogen-bond acceptors (Lipinski definition) is 2. The second-order valence-corrected chi connectivity index (χ2v) is 7.59. The predicted octanol–water partition coefficient (Wildman–Crippen LogP) is 3.98. The molecule has 1 atom stereocenters. The van der Waals surface area contributed by atoms with E-state index in [2.05, 4.69) is 31.8 Å². The van der Waals surface area contributed by atoms with Crippen molar-refractivity contribution in [3.05, 3.63) is 86.1 Å². The zero-order chi connectivity index (χ0) is 19.2. The Morgan fingerprint density at radius 2 is 1.74 bits per heavy atom. The predicted molar refractivity (Wildman–Crippen MR) is 109 cm³/mol. The molecular weight excluding hydrogens is 336 g/mol. The molecule has 4 rings (SSSR count). The minimum atomic E-state index is -0.391. The van der Waals surface area contributed by atoms with E-state index < -0.39 is 5.69 Å². The highest BCUT2D eigenvalue weighted by atomic mass is 16.2. The maximum Gasteiger partial charge on any atom is 0.333 e. The molecule has 0 bridgehead atoms. The fourth-order valence-corrected chi connectivity index (χ4v) is 4.14. The lowest BCUT2D eigenvalue weighted by Crippen LogP contribution is -2.44. The third-order valence-corrected chi connectivity index (χ3v) is 5.96. The SMILES string of the molecule is CCc1ccc(-n2c(=O)[nH]c3c(c2=O)[C@@](C)(CC)Cc2ccccc2-3)cc1. The van der Waals surface area contributed by atoms with Gasteiger partial charge in [0.1, 0.15) is 0 Å². The van der Waals surface area contributed by atoms with Crippen molar-refractivity contribution >= 4 is 0 Å². The van der Waals surface area contributed by atoms with Gasteiger partial charge in [0, 0.05) is 16.5 Å². The van der Waals surface area contributed by atoms with Crippen molar-refractivity contribution in [2.45, 2.75) is 45.4 Å². The summed E-state index contributed by atoms with van der Waals surface area (Å²) in [5.74, 6) is 0. The van der Waals surface area contributed by atoms with E-state index in [1.165, 1.54) is 15.7 Å². The van der Waals surface area contributed by atoms with E-state index in [1.54, 1.807) is 0 Å². The van der Waals surface area contributed by atoms with Crippen LogP contribution in [-0.2, 0) is 18.3 Å². The van der Waals surface area contributed by atoms with E-state index in [1.807, 2.05) is 42.5 Å². The largest absolute Gasteiger partial charge is 0.333 e. The van der Waals surface area contributed by atoms with Crippen molar-refractivity contribution in [1.29, 1.82) is 0 Å². The summed E-state index contributed by atoms with van der Waals surface area (Å²) in [5.41, 5.74) is 4.40. The molecule has 0 fully saturated rings. The van der Waals surface area contributed by atoms with E-state index in [-0.39, 0.29) is 11.0 Å². The van der Waals surface area contributed by atoms with Gasteiger partial charge in [-0.2, -0.15) is 0 Å². The molecule has 4 heteroatoms. The molecule has 1 N–H and O–H groups in total. The minimum Gasteiger partial charge on any atom is -0.306 e. The quantitative estimate of drug-likeness (QED) is 0.768. The molecule has 0 spiro atoms. The van der Waals surface area contributed by atoms with Gasteiger partial charge in [0.15, 0.2) is 0 Å². The molecule has 1 aromatic heterocycles. The summed E-state index contributed by atoms with van der Waals surface area (Å²) in [6.07, 6.45) is 2.54. The summed E-state index contributed by atoms with van der Waals surface area (Å²) in [5, 5.41) is 0. The zero-order valence-corrected chi connectivity index (χ0v) is 16.0. The summed E-state index contributed by atoms with van der Waals surface area (Å²) >= 11 is 0. The average Bonchev–Trinajstić information content (AvgIpc) is 2.68. The lowest BCUT2D eigenvalue weighted by Gasteiger charge is -2.35. The number of fused-ring (bicyclic) bond motifs is 3. The lowest BCUT2D eigenvalue weighted by molar-refractivity contribution is 0.437. The van der Waals surface area contributed by atoms with Crippen LogP contribution in [0.1, 0.15) is 43.9 Å². The topological polar surface area (TPSA) is 54.9 Å². The summed E-state index contributed by atoms with van der Waals surface area (Å²) in [6.45, 7) is 6.30. The Morgan fingerprint density at radius 1 is 1.04 bits per heavy atom. The number of benzene rings is 2. The Hall–Kier alpha value is -2.88. The van der Waals surface area contributed by atoms with Gasteiger partial charge in [-0.15, -0.1) is 0 Å². The number of nitrogens with one attached hydrogen (secondary N) is 1. The Kier molecular flexibility index (Phi) is 4.14. The molecule has 0 radical (unpaired) electrons. The van der Waals surface area contributed by atoms with Crippen LogP contribution >= 0.6 is 0 Å². The Morgan fingerprint density at radius 3 is 2.41 bits per heavy atom. The third kappa shape index (κ3) is 2.67. The van der Waals surface area contributed by atoms with Crippen LogP contribution in [-0.4, -0.2) is 9.55 Å². The van der Waals surface area contributed by atoms with Crippen molar-refractivity contribution in [3.63, 3.8) is 0 Å². The number of nitrogens with zero attached hydrogens (tertiary/aromatic N) is 1. The van der Waals surface area contributed by atoms with Crippen LogP contribution in [0.4, 0.5) is 0 Å². The highest BCUT2D eigenvalue weighted by Gasteiger charge is 2.37. The van der Waals surface area contributed by atoms with Crippen molar-refractivity contribution in [1.82, 2.24) is 9.55 Å². The van der Waals surface area contributed by atoms with Crippen LogP contribution in [0.3, 0.4) is 0 Å². The molecule has 1 heterocycles. The van der Waals surface area contributed by atoms with Gasteiger partial charge in [-0.1, -0.05) is 57.2 Å². The average molecular weight is 360 g/mol. The molecule has 0 saturated heterocycles. The van der Waals surface area contributed by atoms with Crippen LogP contribution in [0.25, 0.3) is 16.9 Å². The number of aromatic nitrogens is 2. The molecule has 1 aliphatic carbocycles. The molecule has 2 aromatic carbocycles. The molecule has 3 aromatic rings. The Balaban J connectivity index is 2.03. The van der Waals surface area contributed by atoms with Crippen molar-refractivity contribution in [2.75, 3.05) is 0 Å². The van der Waals surface area contributed by atoms with Gasteiger partial charge in [0.25, 0.3) is 5.56 Å². The van der Waals surface area contributed by atoms with Gasteiger partial charge < -0.3 is 4.98 Å². The number of rotatable bonds is 3. The van der Waals surface area contributed by atoms with Gasteiger partial charge >= 0.3 is 5.69 Å². The first kappa shape index (κ1) is 17.5. The van der Waals surface area contributed by atoms with Gasteiger partial charge in [-0.05, 0) is 42.5 Å². The fourth-order valence-electron chi connectivity index (χ4n) is 4.14. The first-order valence-electron chi connectivity index (χ1n) is 9.56. The summed E-state index contributed by atoms with van der Waals surface area (Å²) in [4.78, 5) is 29.4. The monoisotopic (exact) mass is 360 g/mol. The van der Waals surface area contributed by atoms with E-state index in [0.29, 0.717) is 16.9 Å². The van der Waals surface area contributed by atoms with Gasteiger partial charge in [-0.25, -0.2) is 9.36 Å². The van der Waals surface area contributed by atoms with E-state index in [0.717, 1.165) is 24.8 Å². The Labute approximate surface area is 158 Å². The van der Waals surface area contributed by atoms with Crippen molar-refractivity contribution in [3.8, 4) is 16.9 Å². The first-order valence-corrected chi connectivity index (χ1v) is 9.56. The van der Waals surface area contributed by atoms with Gasteiger partial charge in [0.2, 0.25) is 0 Å². The summed E-state index contributed by atoms with van der Waals surface area (Å²) < 4.78 is 1.28. The second-order valence-electron chi connectivity index (χ2n) is 7.59. The second kappa shape index (κ2) is 6.38. The number of H-pyrrole nitrogens is 1. The molecule has 27 heavy (non-hydrogen) atoms. The van der Waals surface area contributed by atoms with E-state index in [9.17, 15) is 9.59 Å². The Bertz CT molecular complexity index is 1120. The van der Waals surface area contributed by atoms with Gasteiger partial charge in [0.05, 0.1) is 11.4 Å². The molecular formula is C23H24N2O2. The van der Waals surface area contributed by atoms with Gasteiger partial charge in [-0.3, -0.25) is 4.79 Å². The normalized spacial score (nSPS) is 18.0. The van der Waals surface area contributed by atoms with E-state index >= 15 is 0 Å². The molecule has 0 amide bonds. The maximum absolute atomic E-state index is 13.5. The van der Waals surface area contributed by atoms with Crippen LogP contribution in [0, 0.1) is 0 Å². The molecule has 0 unspecified atom stereocenters. The molecule has 0 saturated carbocycles. The van der Waals surface area contributed by atoms with Crippen molar-refractivity contribution in [2.24, 2.45) is 0 Å². The van der Waals surface area contributed by atoms with Crippen LogP contribution < -0.4 is 11.2 Å². The number of aryl methyl sites for hydroxylation is 1. The van der Waals surface area contributed by atoms with Crippen LogP contribution in [0.15, 0.2) is 58.1 Å². The fraction of sp³-hybridized carbons (Fsp3) is 0.304. The van der Waals surface area contributed by atoms with E-state index in [4.69, 9.17) is 0 Å². The molecule has 0 aliphatic heterocycles. The van der Waals surface area contributed by atoms with Crippen molar-refractivity contribution < 1.29 is 0 Å². The zero-order valence-electron chi connectivity index (χ0n) is 16.0. The molecule has 1 aliphatic rings. The summed E-state index contributed by atoms with van der Waals surface area (Å²) in [7, 11) is 0.